The number of nitrogens with zero attached hydrogens (tertiary/aromatic N) is 4. The molecule has 0 radical (unpaired) electrons. The number of imidazole rings is 1. The zero-order chi connectivity index (χ0) is 14.3. The molecule has 0 atom stereocenters. The van der Waals surface area contributed by atoms with Crippen LogP contribution in [0.4, 0.5) is 5.82 Å². The molecule has 0 unspecified atom stereocenters. The molecule has 0 saturated carbocycles. The average molecular weight is 267 g/mol. The number of benzene rings is 1. The van der Waals surface area contributed by atoms with Gasteiger partial charge in [-0.15, -0.1) is 0 Å². The molecule has 0 spiro atoms. The summed E-state index contributed by atoms with van der Waals surface area (Å²) in [6.07, 6.45) is 3.67. The van der Waals surface area contributed by atoms with Gasteiger partial charge in [-0.25, -0.2) is 4.98 Å². The molecule has 5 nitrogen and oxygen atoms in total. The molecule has 0 bridgehead atoms. The van der Waals surface area contributed by atoms with E-state index in [9.17, 15) is 0 Å². The van der Waals surface area contributed by atoms with Gasteiger partial charge in [0.25, 0.3) is 0 Å². The number of nitrogens with two attached hydrogens (primary N) is 1. The normalized spacial score (nSPS) is 10.9. The first-order valence-electron chi connectivity index (χ1n) is 6.45. The van der Waals surface area contributed by atoms with Crippen LogP contribution in [0.5, 0.6) is 0 Å². The molecule has 0 aliphatic carbocycles. The van der Waals surface area contributed by atoms with Gasteiger partial charge in [0.15, 0.2) is 5.82 Å². The van der Waals surface area contributed by atoms with Crippen molar-refractivity contribution < 1.29 is 0 Å². The van der Waals surface area contributed by atoms with Crippen molar-refractivity contribution in [1.82, 2.24) is 19.3 Å². The fourth-order valence-corrected chi connectivity index (χ4v) is 2.41. The molecule has 2 heterocycles. The number of rotatable bonds is 2. The van der Waals surface area contributed by atoms with Crippen molar-refractivity contribution in [3.8, 4) is 22.6 Å². The Morgan fingerprint density at radius 1 is 1.15 bits per heavy atom. The van der Waals surface area contributed by atoms with Gasteiger partial charge in [-0.1, -0.05) is 24.3 Å². The summed E-state index contributed by atoms with van der Waals surface area (Å²) in [5, 5.41) is 4.54. The van der Waals surface area contributed by atoms with Gasteiger partial charge in [-0.05, 0) is 18.1 Å². The predicted molar refractivity (Wildman–Crippen MR) is 80.0 cm³/mol. The van der Waals surface area contributed by atoms with Gasteiger partial charge < -0.3 is 10.3 Å². The van der Waals surface area contributed by atoms with Crippen molar-refractivity contribution in [2.24, 2.45) is 14.1 Å². The van der Waals surface area contributed by atoms with E-state index in [1.165, 1.54) is 5.56 Å². The van der Waals surface area contributed by atoms with Gasteiger partial charge in [0, 0.05) is 26.5 Å². The van der Waals surface area contributed by atoms with E-state index in [1.54, 1.807) is 10.9 Å². The van der Waals surface area contributed by atoms with E-state index in [2.05, 4.69) is 29.1 Å². The number of nitrogen functional groups attached to an aromatic ring is 1. The minimum Gasteiger partial charge on any atom is -0.383 e. The van der Waals surface area contributed by atoms with Crippen LogP contribution in [0, 0.1) is 6.92 Å². The summed E-state index contributed by atoms with van der Waals surface area (Å²) >= 11 is 0. The first-order chi connectivity index (χ1) is 9.59. The molecule has 102 valence electrons. The summed E-state index contributed by atoms with van der Waals surface area (Å²) in [5.74, 6) is 1.47. The molecule has 5 heteroatoms. The van der Waals surface area contributed by atoms with E-state index in [4.69, 9.17) is 5.73 Å². The lowest BCUT2D eigenvalue weighted by atomic mass is 10.00. The van der Waals surface area contributed by atoms with Crippen LogP contribution in [0.1, 0.15) is 5.56 Å². The van der Waals surface area contributed by atoms with Gasteiger partial charge in [0.1, 0.15) is 11.5 Å². The maximum atomic E-state index is 6.22. The highest BCUT2D eigenvalue weighted by Crippen LogP contribution is 2.36. The zero-order valence-electron chi connectivity index (χ0n) is 11.8. The van der Waals surface area contributed by atoms with E-state index in [0.717, 1.165) is 22.6 Å². The van der Waals surface area contributed by atoms with E-state index < -0.39 is 0 Å². The summed E-state index contributed by atoms with van der Waals surface area (Å²) in [6.45, 7) is 2.07. The molecular formula is C15H17N5. The number of anilines is 1. The van der Waals surface area contributed by atoms with Crippen molar-refractivity contribution in [3.63, 3.8) is 0 Å². The summed E-state index contributed by atoms with van der Waals surface area (Å²) in [6, 6.07) is 8.17. The Kier molecular flexibility index (Phi) is 2.82. The summed E-state index contributed by atoms with van der Waals surface area (Å²) < 4.78 is 3.65. The zero-order valence-corrected chi connectivity index (χ0v) is 11.8. The molecule has 2 aromatic heterocycles. The monoisotopic (exact) mass is 267 g/mol. The van der Waals surface area contributed by atoms with Crippen LogP contribution >= 0.6 is 0 Å². The third kappa shape index (κ3) is 1.79. The SMILES string of the molecule is Cc1ccccc1-c1c(-c2nccn2C)nn(C)c1N. The summed E-state index contributed by atoms with van der Waals surface area (Å²) in [5.41, 5.74) is 10.2. The molecule has 0 fully saturated rings. The Morgan fingerprint density at radius 2 is 1.90 bits per heavy atom. The second-order valence-corrected chi connectivity index (χ2v) is 4.91. The van der Waals surface area contributed by atoms with Gasteiger partial charge in [-0.2, -0.15) is 5.10 Å². The van der Waals surface area contributed by atoms with Crippen LogP contribution in [0.15, 0.2) is 36.7 Å². The van der Waals surface area contributed by atoms with Gasteiger partial charge >= 0.3 is 0 Å². The maximum Gasteiger partial charge on any atom is 0.161 e. The Morgan fingerprint density at radius 3 is 2.55 bits per heavy atom. The quantitative estimate of drug-likeness (QED) is 0.775. The second-order valence-electron chi connectivity index (χ2n) is 4.91. The van der Waals surface area contributed by atoms with Crippen molar-refractivity contribution in [2.75, 3.05) is 5.73 Å². The van der Waals surface area contributed by atoms with Crippen molar-refractivity contribution in [1.29, 1.82) is 0 Å². The lowest BCUT2D eigenvalue weighted by molar-refractivity contribution is 0.776. The first-order valence-corrected chi connectivity index (χ1v) is 6.45. The van der Waals surface area contributed by atoms with Gasteiger partial charge in [0.05, 0.1) is 5.56 Å². The predicted octanol–water partition coefficient (Wildman–Crippen LogP) is 2.38. The van der Waals surface area contributed by atoms with Gasteiger partial charge in [0.2, 0.25) is 0 Å². The van der Waals surface area contributed by atoms with E-state index in [-0.39, 0.29) is 0 Å². The Bertz CT molecular complexity index is 766. The van der Waals surface area contributed by atoms with Crippen molar-refractivity contribution in [3.05, 3.63) is 42.2 Å². The summed E-state index contributed by atoms with van der Waals surface area (Å²) in [7, 11) is 3.80. The van der Waals surface area contributed by atoms with E-state index in [0.29, 0.717) is 5.82 Å². The molecule has 0 aliphatic heterocycles. The highest BCUT2D eigenvalue weighted by molar-refractivity contribution is 5.87. The third-order valence-electron chi connectivity index (χ3n) is 3.54. The Hall–Kier alpha value is -2.56. The fraction of sp³-hybridized carbons (Fsp3) is 0.200. The molecule has 3 aromatic rings. The molecule has 0 saturated heterocycles. The second kappa shape index (κ2) is 4.52. The largest absolute Gasteiger partial charge is 0.383 e. The van der Waals surface area contributed by atoms with Crippen LogP contribution in [0.25, 0.3) is 22.6 Å². The molecule has 1 aromatic carbocycles. The van der Waals surface area contributed by atoms with Crippen LogP contribution in [0.2, 0.25) is 0 Å². The minimum absolute atomic E-state index is 0.650. The third-order valence-corrected chi connectivity index (χ3v) is 3.54. The molecule has 2 N–H and O–H groups in total. The van der Waals surface area contributed by atoms with Crippen LogP contribution in [-0.4, -0.2) is 19.3 Å². The van der Waals surface area contributed by atoms with Gasteiger partial charge in [-0.3, -0.25) is 4.68 Å². The Labute approximate surface area is 117 Å². The Balaban J connectivity index is 2.31. The first kappa shape index (κ1) is 12.5. The fourth-order valence-electron chi connectivity index (χ4n) is 2.41. The smallest absolute Gasteiger partial charge is 0.161 e. The number of aryl methyl sites for hydroxylation is 3. The van der Waals surface area contributed by atoms with E-state index >= 15 is 0 Å². The highest BCUT2D eigenvalue weighted by Gasteiger charge is 2.20. The van der Waals surface area contributed by atoms with Crippen LogP contribution in [-0.2, 0) is 14.1 Å². The standard InChI is InChI=1S/C15H17N5/c1-10-6-4-5-7-11(10)12-13(18-20(3)14(12)16)15-17-8-9-19(15)2/h4-9H,16H2,1-3H3. The van der Waals surface area contributed by atoms with Crippen molar-refractivity contribution in [2.45, 2.75) is 6.92 Å². The number of hydrogen-bond donors (Lipinski definition) is 1. The van der Waals surface area contributed by atoms with Crippen molar-refractivity contribution >= 4 is 5.82 Å². The molecule has 0 amide bonds. The van der Waals surface area contributed by atoms with E-state index in [1.807, 2.05) is 37.0 Å². The highest BCUT2D eigenvalue weighted by atomic mass is 15.3. The minimum atomic E-state index is 0.650. The van der Waals surface area contributed by atoms with Crippen LogP contribution in [0.3, 0.4) is 0 Å². The molecule has 20 heavy (non-hydrogen) atoms. The molecule has 3 rings (SSSR count). The summed E-state index contributed by atoms with van der Waals surface area (Å²) in [4.78, 5) is 4.39. The maximum absolute atomic E-state index is 6.22. The number of hydrogen-bond acceptors (Lipinski definition) is 3. The average Bonchev–Trinajstić information content (AvgIpc) is 2.96. The molecular weight excluding hydrogens is 250 g/mol. The lowest BCUT2D eigenvalue weighted by Crippen LogP contribution is -1.98. The lowest BCUT2D eigenvalue weighted by Gasteiger charge is -2.07. The topological polar surface area (TPSA) is 61.7 Å². The number of aromatic nitrogens is 4. The molecule has 0 aliphatic rings. The van der Waals surface area contributed by atoms with Crippen LogP contribution < -0.4 is 5.73 Å².